The Morgan fingerprint density at radius 3 is 2.09 bits per heavy atom. The molecule has 2 aromatic rings. The number of nitrogens with one attached hydrogen (secondary N) is 4. The SMILES string of the molecule is CCc1ccc(NC(=S)NNC(=S)Nc2ccccc2C)cc1. The lowest BCUT2D eigenvalue weighted by Gasteiger charge is -2.15. The summed E-state index contributed by atoms with van der Waals surface area (Å²) in [4.78, 5) is 0. The Morgan fingerprint density at radius 1 is 0.870 bits per heavy atom. The second-order valence-electron chi connectivity index (χ2n) is 5.02. The quantitative estimate of drug-likeness (QED) is 0.503. The number of hydrogen-bond acceptors (Lipinski definition) is 2. The van der Waals surface area contributed by atoms with Gasteiger partial charge in [0.25, 0.3) is 0 Å². The van der Waals surface area contributed by atoms with Crippen molar-refractivity contribution in [3.05, 3.63) is 59.7 Å². The van der Waals surface area contributed by atoms with Crippen LogP contribution in [0.1, 0.15) is 18.1 Å². The van der Waals surface area contributed by atoms with E-state index in [-0.39, 0.29) is 0 Å². The van der Waals surface area contributed by atoms with Crippen molar-refractivity contribution in [2.75, 3.05) is 10.6 Å². The Labute approximate surface area is 147 Å². The summed E-state index contributed by atoms with van der Waals surface area (Å²) < 4.78 is 0. The Kier molecular flexibility index (Phi) is 6.31. The van der Waals surface area contributed by atoms with Crippen molar-refractivity contribution >= 4 is 46.0 Å². The van der Waals surface area contributed by atoms with Gasteiger partial charge in [-0.05, 0) is 67.1 Å². The zero-order valence-corrected chi connectivity index (χ0v) is 14.8. The molecule has 0 spiro atoms. The van der Waals surface area contributed by atoms with Crippen molar-refractivity contribution < 1.29 is 0 Å². The number of aryl methyl sites for hydroxylation is 2. The van der Waals surface area contributed by atoms with Gasteiger partial charge in [0, 0.05) is 11.4 Å². The van der Waals surface area contributed by atoms with Crippen molar-refractivity contribution in [2.45, 2.75) is 20.3 Å². The van der Waals surface area contributed by atoms with Crippen LogP contribution in [0.4, 0.5) is 11.4 Å². The van der Waals surface area contributed by atoms with Gasteiger partial charge in [0.15, 0.2) is 10.2 Å². The number of hydrazine groups is 1. The van der Waals surface area contributed by atoms with Gasteiger partial charge in [-0.25, -0.2) is 0 Å². The van der Waals surface area contributed by atoms with Crippen LogP contribution in [0.5, 0.6) is 0 Å². The Hall–Kier alpha value is -2.18. The molecule has 4 nitrogen and oxygen atoms in total. The molecule has 0 fully saturated rings. The molecule has 0 aromatic heterocycles. The first kappa shape index (κ1) is 17.2. The maximum atomic E-state index is 5.24. The minimum absolute atomic E-state index is 0.447. The molecule has 0 saturated carbocycles. The highest BCUT2D eigenvalue weighted by Crippen LogP contribution is 2.12. The fourth-order valence-corrected chi connectivity index (χ4v) is 2.30. The average molecular weight is 345 g/mol. The van der Waals surface area contributed by atoms with Crippen LogP contribution >= 0.6 is 24.4 Å². The van der Waals surface area contributed by atoms with Crippen LogP contribution < -0.4 is 21.5 Å². The molecule has 0 unspecified atom stereocenters. The molecule has 0 radical (unpaired) electrons. The van der Waals surface area contributed by atoms with Crippen molar-refractivity contribution in [3.63, 3.8) is 0 Å². The lowest BCUT2D eigenvalue weighted by atomic mass is 10.1. The number of hydrogen-bond donors (Lipinski definition) is 4. The van der Waals surface area contributed by atoms with E-state index in [2.05, 4.69) is 40.5 Å². The molecule has 0 atom stereocenters. The van der Waals surface area contributed by atoms with E-state index in [1.165, 1.54) is 5.56 Å². The highest BCUT2D eigenvalue weighted by molar-refractivity contribution is 7.81. The number of rotatable bonds is 3. The molecule has 0 aliphatic heterocycles. The smallest absolute Gasteiger partial charge is 0.189 e. The van der Waals surface area contributed by atoms with Gasteiger partial charge in [-0.1, -0.05) is 37.3 Å². The highest BCUT2D eigenvalue weighted by atomic mass is 32.1. The third kappa shape index (κ3) is 5.50. The molecule has 0 aliphatic rings. The first-order valence-corrected chi connectivity index (χ1v) is 8.18. The summed E-state index contributed by atoms with van der Waals surface area (Å²) in [6.07, 6.45) is 1.02. The molecule has 23 heavy (non-hydrogen) atoms. The van der Waals surface area contributed by atoms with E-state index >= 15 is 0 Å². The van der Waals surface area contributed by atoms with Crippen LogP contribution in [-0.2, 0) is 6.42 Å². The molecular formula is C17H20N4S2. The lowest BCUT2D eigenvalue weighted by molar-refractivity contribution is 0.885. The van der Waals surface area contributed by atoms with E-state index < -0.39 is 0 Å². The minimum Gasteiger partial charge on any atom is -0.331 e. The van der Waals surface area contributed by atoms with Crippen LogP contribution in [0.15, 0.2) is 48.5 Å². The van der Waals surface area contributed by atoms with Crippen LogP contribution in [0.25, 0.3) is 0 Å². The van der Waals surface area contributed by atoms with Crippen molar-refractivity contribution in [1.82, 2.24) is 10.9 Å². The fourth-order valence-electron chi connectivity index (χ4n) is 1.97. The maximum Gasteiger partial charge on any atom is 0.189 e. The molecule has 0 aliphatic carbocycles. The third-order valence-electron chi connectivity index (χ3n) is 3.30. The largest absolute Gasteiger partial charge is 0.331 e. The van der Waals surface area contributed by atoms with Crippen molar-refractivity contribution in [1.29, 1.82) is 0 Å². The number of thiocarbonyl (C=S) groups is 2. The van der Waals surface area contributed by atoms with Crippen molar-refractivity contribution in [2.24, 2.45) is 0 Å². The number of anilines is 2. The van der Waals surface area contributed by atoms with Gasteiger partial charge in [0.05, 0.1) is 0 Å². The molecule has 0 heterocycles. The predicted octanol–water partition coefficient (Wildman–Crippen LogP) is 3.75. The summed E-state index contributed by atoms with van der Waals surface area (Å²) in [7, 11) is 0. The summed E-state index contributed by atoms with van der Waals surface area (Å²) in [5.41, 5.74) is 10.0. The summed E-state index contributed by atoms with van der Waals surface area (Å²) >= 11 is 10.5. The number of benzene rings is 2. The van der Waals surface area contributed by atoms with Gasteiger partial charge in [0.2, 0.25) is 0 Å². The van der Waals surface area contributed by atoms with E-state index in [0.29, 0.717) is 10.2 Å². The molecule has 0 saturated heterocycles. The lowest BCUT2D eigenvalue weighted by Crippen LogP contribution is -2.45. The first-order chi connectivity index (χ1) is 11.1. The first-order valence-electron chi connectivity index (χ1n) is 7.37. The summed E-state index contributed by atoms with van der Waals surface area (Å²) in [5, 5.41) is 7.11. The Morgan fingerprint density at radius 2 is 1.48 bits per heavy atom. The maximum absolute atomic E-state index is 5.24. The van der Waals surface area contributed by atoms with Gasteiger partial charge >= 0.3 is 0 Å². The number of para-hydroxylation sites is 1. The van der Waals surface area contributed by atoms with Gasteiger partial charge in [-0.2, -0.15) is 0 Å². The van der Waals surface area contributed by atoms with E-state index in [0.717, 1.165) is 23.4 Å². The Balaban J connectivity index is 1.79. The molecule has 2 aromatic carbocycles. The molecule has 0 bridgehead atoms. The highest BCUT2D eigenvalue weighted by Gasteiger charge is 2.01. The van der Waals surface area contributed by atoms with Crippen LogP contribution in [0.3, 0.4) is 0 Å². The second-order valence-corrected chi connectivity index (χ2v) is 5.84. The van der Waals surface area contributed by atoms with Crippen LogP contribution in [-0.4, -0.2) is 10.2 Å². The minimum atomic E-state index is 0.447. The average Bonchev–Trinajstić information content (AvgIpc) is 2.56. The van der Waals surface area contributed by atoms with Gasteiger partial charge in [-0.15, -0.1) is 0 Å². The summed E-state index contributed by atoms with van der Waals surface area (Å²) in [5.74, 6) is 0. The Bertz CT molecular complexity index is 683. The van der Waals surface area contributed by atoms with E-state index in [1.807, 2.05) is 43.3 Å². The normalized spacial score (nSPS) is 9.83. The molecule has 2 rings (SSSR count). The summed E-state index contributed by atoms with van der Waals surface area (Å²) in [6, 6.07) is 16.1. The van der Waals surface area contributed by atoms with Gasteiger partial charge in [0.1, 0.15) is 0 Å². The van der Waals surface area contributed by atoms with E-state index in [9.17, 15) is 0 Å². The molecular weight excluding hydrogens is 324 g/mol. The zero-order valence-electron chi connectivity index (χ0n) is 13.1. The van der Waals surface area contributed by atoms with Crippen molar-refractivity contribution in [3.8, 4) is 0 Å². The predicted molar refractivity (Wildman–Crippen MR) is 106 cm³/mol. The fraction of sp³-hybridized carbons (Fsp3) is 0.176. The van der Waals surface area contributed by atoms with Crippen LogP contribution in [0.2, 0.25) is 0 Å². The molecule has 4 N–H and O–H groups in total. The monoisotopic (exact) mass is 344 g/mol. The standard InChI is InChI=1S/C17H20N4S2/c1-3-13-8-10-14(11-9-13)18-16(22)20-21-17(23)19-15-7-5-4-6-12(15)2/h4-11H,3H2,1-2H3,(H2,18,20,22)(H2,19,21,23). The molecule has 120 valence electrons. The van der Waals surface area contributed by atoms with Crippen LogP contribution in [0, 0.1) is 6.92 Å². The van der Waals surface area contributed by atoms with E-state index in [1.54, 1.807) is 0 Å². The zero-order chi connectivity index (χ0) is 16.7. The van der Waals surface area contributed by atoms with E-state index in [4.69, 9.17) is 24.4 Å². The topological polar surface area (TPSA) is 48.1 Å². The third-order valence-corrected chi connectivity index (χ3v) is 3.71. The molecule has 0 amide bonds. The van der Waals surface area contributed by atoms with Gasteiger partial charge in [-0.3, -0.25) is 10.9 Å². The summed E-state index contributed by atoms with van der Waals surface area (Å²) in [6.45, 7) is 4.14. The van der Waals surface area contributed by atoms with Gasteiger partial charge < -0.3 is 10.6 Å². The molecule has 6 heteroatoms. The second kappa shape index (κ2) is 8.45.